The third-order valence-electron chi connectivity index (χ3n) is 29.1. The molecule has 0 bridgehead atoms. The Morgan fingerprint density at radius 3 is 0.572 bits per heavy atom. The maximum absolute atomic E-state index is 6.47. The van der Waals surface area contributed by atoms with E-state index in [1.807, 2.05) is 0 Å². The fourth-order valence-corrected chi connectivity index (χ4v) is 57.4. The molecule has 6 heteroatoms. The van der Waals surface area contributed by atoms with Gasteiger partial charge in [0, 0.05) is 0 Å². The molecule has 0 radical (unpaired) electrons. The van der Waals surface area contributed by atoms with Gasteiger partial charge < -0.3 is 0 Å². The van der Waals surface area contributed by atoms with E-state index in [-0.39, 0.29) is 0 Å². The molecule has 0 atom stereocenters. The maximum atomic E-state index is 6.47. The van der Waals surface area contributed by atoms with E-state index in [4.69, 9.17) is 4.42 Å². The van der Waals surface area contributed by atoms with E-state index in [0.29, 0.717) is 0 Å². The molecule has 0 spiro atoms. The summed E-state index contributed by atoms with van der Waals surface area (Å²) in [4.78, 5) is 0. The molecular formula is C132H98Ge2OSi3. The minimum absolute atomic E-state index is 0.899. The van der Waals surface area contributed by atoms with Gasteiger partial charge in [-0.15, -0.1) is 0 Å². The van der Waals surface area contributed by atoms with E-state index in [9.17, 15) is 0 Å². The Morgan fingerprint density at radius 2 is 0.333 bits per heavy atom. The van der Waals surface area contributed by atoms with Gasteiger partial charge in [-0.1, -0.05) is 315 Å². The van der Waals surface area contributed by atoms with Gasteiger partial charge in [0.15, 0.2) is 24.2 Å². The van der Waals surface area contributed by atoms with Crippen LogP contribution in [0.2, 0.25) is 0 Å². The topological polar surface area (TPSA) is 13.1 Å². The van der Waals surface area contributed by atoms with Crippen molar-refractivity contribution in [1.82, 2.24) is 0 Å². The van der Waals surface area contributed by atoms with Gasteiger partial charge in [0.2, 0.25) is 0 Å². The molecule has 0 amide bonds. The normalized spacial score (nSPS) is 12.3. The van der Waals surface area contributed by atoms with Crippen molar-refractivity contribution in [1.29, 1.82) is 0 Å². The molecule has 23 aromatic rings. The molecule has 0 fully saturated rings. The Bertz CT molecular complexity index is 7260. The zero-order valence-corrected chi connectivity index (χ0v) is 83.7. The van der Waals surface area contributed by atoms with Gasteiger partial charge in [0.25, 0.3) is 0 Å². The van der Waals surface area contributed by atoms with E-state index in [2.05, 4.69) is 595 Å². The molecule has 24 rings (SSSR count). The van der Waals surface area contributed by atoms with Crippen molar-refractivity contribution in [2.75, 3.05) is 0 Å². The van der Waals surface area contributed by atoms with Crippen LogP contribution in [0.25, 0.3) is 77.6 Å². The minimum atomic E-state index is -3.35. The molecule has 1 aromatic heterocycles. The zero-order chi connectivity index (χ0) is 92.1. The van der Waals surface area contributed by atoms with Gasteiger partial charge in [0.05, 0.1) is 0 Å². The number of benzene rings is 22. The quantitative estimate of drug-likeness (QED) is 0.0487. The molecule has 0 unspecified atom stereocenters. The fraction of sp³-hybridized carbons (Fsp3) is 0. The third kappa shape index (κ3) is 15.2. The Hall–Kier alpha value is -15.6. The Morgan fingerprint density at radius 1 is 0.152 bits per heavy atom. The minimum Gasteiger partial charge on any atom is -0.0623 e. The number of furan rings is 1. The van der Waals surface area contributed by atoms with Crippen LogP contribution in [0.15, 0.2) is 599 Å². The first kappa shape index (κ1) is 86.5. The van der Waals surface area contributed by atoms with Crippen molar-refractivity contribution in [3.8, 4) is 55.6 Å². The van der Waals surface area contributed by atoms with Gasteiger partial charge in [-0.25, -0.2) is 0 Å². The molecule has 1 aliphatic heterocycles. The molecule has 138 heavy (non-hydrogen) atoms. The number of fused-ring (bicyclic) bond motifs is 6. The van der Waals surface area contributed by atoms with Crippen LogP contribution in [0.5, 0.6) is 0 Å². The van der Waals surface area contributed by atoms with E-state index < -0.39 is 50.8 Å². The average molecular weight is 1930 g/mol. The van der Waals surface area contributed by atoms with E-state index in [1.165, 1.54) is 153 Å². The predicted octanol–water partition coefficient (Wildman–Crippen LogP) is 18.8. The van der Waals surface area contributed by atoms with Gasteiger partial charge >= 0.3 is 377 Å². The summed E-state index contributed by atoms with van der Waals surface area (Å²) in [6.07, 6.45) is 0. The molecule has 22 aromatic carbocycles. The van der Waals surface area contributed by atoms with Crippen molar-refractivity contribution in [2.45, 2.75) is 0 Å². The SMILES string of the molecule is c1cc[c]([Ge]([c]2ccccc2)([c]2ccccc2)[c]2ccc(-c3ccc4oc5ccc(-c6cc[c]([Ge]([c]7ccccc7)([c]7ccccc7)[c]7ccccc7)cc6)cc5c4c3)cc2)cc1.c1ccc([Si](c2ccccc2)(c2ccccc2)c2ccc(-c3ccc4c(c3)-c3cc(-c5ccc([Si](c6ccccc6)(c6ccccc6)c6ccccc6)cc5)ccc3[Si]4(c3ccccc3)c3ccccc3)cc2)cc1. The summed E-state index contributed by atoms with van der Waals surface area (Å²) in [5.41, 5.74) is 14.1. The van der Waals surface area contributed by atoms with Crippen molar-refractivity contribution in [2.24, 2.45) is 0 Å². The van der Waals surface area contributed by atoms with E-state index in [1.54, 1.807) is 0 Å². The van der Waals surface area contributed by atoms with Crippen LogP contribution in [-0.4, -0.2) is 50.8 Å². The summed E-state index contributed by atoms with van der Waals surface area (Å²) in [6.45, 7) is 0. The van der Waals surface area contributed by atoms with Crippen LogP contribution < -0.4 is 97.4 Å². The van der Waals surface area contributed by atoms with Gasteiger partial charge in [0.1, 0.15) is 0 Å². The van der Waals surface area contributed by atoms with Crippen molar-refractivity contribution in [3.05, 3.63) is 595 Å². The van der Waals surface area contributed by atoms with Crippen molar-refractivity contribution >= 4 is 170 Å². The maximum Gasteiger partial charge on any atom is 0.180 e. The van der Waals surface area contributed by atoms with Crippen LogP contribution in [-0.2, 0) is 0 Å². The second-order valence-electron chi connectivity index (χ2n) is 36.2. The molecule has 2 heterocycles. The Balaban J connectivity index is 0.000000157. The van der Waals surface area contributed by atoms with Crippen LogP contribution in [0.3, 0.4) is 0 Å². The summed E-state index contributed by atoms with van der Waals surface area (Å²) in [6, 6.07) is 223. The summed E-state index contributed by atoms with van der Waals surface area (Å²) >= 11 is -6.70. The monoisotopic (exact) mass is 1930 g/mol. The molecule has 0 saturated carbocycles. The Kier molecular flexibility index (Phi) is 23.8. The number of hydrogen-bond donors (Lipinski definition) is 0. The molecule has 652 valence electrons. The second kappa shape index (κ2) is 37.9. The van der Waals surface area contributed by atoms with Crippen molar-refractivity contribution < 1.29 is 4.42 Å². The Labute approximate surface area is 817 Å². The third-order valence-corrected chi connectivity index (χ3v) is 63.7. The second-order valence-corrected chi connectivity index (χ2v) is 63.6. The summed E-state index contributed by atoms with van der Waals surface area (Å²) in [5, 5.41) is 18.9. The average Bonchev–Trinajstić information content (AvgIpc) is 1.52. The molecule has 1 aliphatic rings. The smallest absolute Gasteiger partial charge is 0.0623 e. The van der Waals surface area contributed by atoms with Crippen LogP contribution >= 0.6 is 0 Å². The van der Waals surface area contributed by atoms with Gasteiger partial charge in [-0.3, -0.25) is 0 Å². The van der Waals surface area contributed by atoms with Crippen LogP contribution in [0, 0.1) is 0 Å². The molecule has 0 aliphatic carbocycles. The standard InChI is InChI=1S/C72H54Si3.C60H44Ge2O/c1-9-25-59(26-10-1)73(60-27-11-2-12-28-60,61-29-13-3-14-30-61)67-47-41-55(42-48-67)57-45-51-71-69(53-57)70-54-58(46-52-72(70)75(71,65-37-21-7-22-38-65)66-39-23-8-24-40-66)56-43-49-68(50-44-56)74(62-31-15-4-16-32-62,63-33-17-5-18-34-63)64-35-19-6-20-36-64;1-7-19-49(20-8-1)61(50-21-9-2-10-22-50,51-23-11-3-12-24-51)55-37-31-45(32-38-55)47-35-41-59-57(43-47)58-44-48(36-42-60(58)63-59)46-33-39-56(40-34-46)62(52-25-13-4-14-26-52,53-27-15-5-16-28-53)54-29-17-6-18-30-54/h1-54H;1-44H. The number of rotatable bonds is 22. The largest absolute Gasteiger partial charge is 0.180 e. The summed E-state index contributed by atoms with van der Waals surface area (Å²) in [7, 11) is -8.11. The molecule has 0 saturated heterocycles. The first-order chi connectivity index (χ1) is 68.4. The van der Waals surface area contributed by atoms with E-state index in [0.717, 1.165) is 21.9 Å². The first-order valence-electron chi connectivity index (χ1n) is 47.9. The summed E-state index contributed by atoms with van der Waals surface area (Å²) < 4.78 is 17.8. The van der Waals surface area contributed by atoms with Crippen LogP contribution in [0.1, 0.15) is 0 Å². The molecule has 1 nitrogen and oxygen atoms in total. The predicted molar refractivity (Wildman–Crippen MR) is 599 cm³/mol. The zero-order valence-electron chi connectivity index (χ0n) is 76.5. The van der Waals surface area contributed by atoms with Gasteiger partial charge in [-0.05, 0) is 108 Å². The van der Waals surface area contributed by atoms with Crippen molar-refractivity contribution in [3.63, 3.8) is 0 Å². The fourth-order valence-electron chi connectivity index (χ4n) is 22.9. The first-order valence-corrected chi connectivity index (χ1v) is 62.3. The number of hydrogen-bond acceptors (Lipinski definition) is 1. The van der Waals surface area contributed by atoms with E-state index >= 15 is 0 Å². The molecule has 0 N–H and O–H groups in total. The van der Waals surface area contributed by atoms with Crippen LogP contribution in [0.4, 0.5) is 0 Å². The summed E-state index contributed by atoms with van der Waals surface area (Å²) in [5.74, 6) is 0. The molecular weight excluding hydrogens is 1830 g/mol. The van der Waals surface area contributed by atoms with Gasteiger partial charge in [-0.2, -0.15) is 0 Å².